The maximum absolute atomic E-state index is 12.7. The first-order chi connectivity index (χ1) is 15.0. The molecule has 1 aromatic rings. The van der Waals surface area contributed by atoms with Crippen LogP contribution in [0.4, 0.5) is 13.2 Å². The molecule has 0 unspecified atom stereocenters. The van der Waals surface area contributed by atoms with E-state index in [0.717, 1.165) is 31.4 Å². The van der Waals surface area contributed by atoms with Gasteiger partial charge in [0.15, 0.2) is 24.6 Å². The highest BCUT2D eigenvalue weighted by atomic mass is 32.3. The Bertz CT molecular complexity index is 1040. The molecule has 1 aliphatic heterocycles. The summed E-state index contributed by atoms with van der Waals surface area (Å²) in [5.41, 5.74) is -0.850. The number of ether oxygens (including phenoxy) is 3. The van der Waals surface area contributed by atoms with Gasteiger partial charge >= 0.3 is 32.9 Å². The number of hydrogen-bond donors (Lipinski definition) is 2. The molecule has 2 rings (SSSR count). The Morgan fingerprint density at radius 3 is 1.97 bits per heavy atom. The number of benzene rings is 1. The SMILES string of the molecule is CO[C@@H]1O[C@@H](C)[C@H](OC(=O)Cc2ccc(C(F)(F)F)cc2)[C@@H](OS(=O)(=O)O)[C@H]1OS(=O)(=O)O. The monoisotopic (exact) mass is 524 g/mol. The minimum atomic E-state index is -5.28. The normalized spacial score (nSPS) is 26.7. The molecule has 0 amide bonds. The number of carbonyl (C=O) groups is 1. The summed E-state index contributed by atoms with van der Waals surface area (Å²) in [5, 5.41) is 0. The van der Waals surface area contributed by atoms with Gasteiger partial charge in [-0.15, -0.1) is 0 Å². The molecule has 1 saturated heterocycles. The van der Waals surface area contributed by atoms with Gasteiger partial charge in [0.05, 0.1) is 18.1 Å². The van der Waals surface area contributed by atoms with E-state index in [0.29, 0.717) is 0 Å². The molecule has 0 saturated carbocycles. The van der Waals surface area contributed by atoms with Crippen LogP contribution in [0.2, 0.25) is 0 Å². The van der Waals surface area contributed by atoms with Crippen LogP contribution in [0.25, 0.3) is 0 Å². The highest BCUT2D eigenvalue weighted by Gasteiger charge is 2.52. The summed E-state index contributed by atoms with van der Waals surface area (Å²) >= 11 is 0. The van der Waals surface area contributed by atoms with Gasteiger partial charge in [0, 0.05) is 7.11 Å². The highest BCUT2D eigenvalue weighted by Crippen LogP contribution is 2.31. The Morgan fingerprint density at radius 2 is 1.52 bits per heavy atom. The molecule has 0 aliphatic carbocycles. The van der Waals surface area contributed by atoms with Gasteiger partial charge in [-0.25, -0.2) is 8.37 Å². The van der Waals surface area contributed by atoms with Gasteiger partial charge < -0.3 is 14.2 Å². The molecule has 12 nitrogen and oxygen atoms in total. The quantitative estimate of drug-likeness (QED) is 0.364. The highest BCUT2D eigenvalue weighted by molar-refractivity contribution is 7.81. The zero-order valence-corrected chi connectivity index (χ0v) is 18.5. The van der Waals surface area contributed by atoms with Crippen molar-refractivity contribution in [3.63, 3.8) is 0 Å². The predicted octanol–water partition coefficient (Wildman–Crippen LogP) is 0.927. The minimum Gasteiger partial charge on any atom is -0.456 e. The second-order valence-electron chi connectivity index (χ2n) is 6.75. The van der Waals surface area contributed by atoms with Crippen LogP contribution in [0.1, 0.15) is 18.1 Å². The third-order valence-corrected chi connectivity index (χ3v) is 5.25. The Hall–Kier alpha value is -1.86. The number of methoxy groups -OCH3 is 1. The fraction of sp³-hybridized carbons (Fsp3) is 0.562. The van der Waals surface area contributed by atoms with Crippen LogP contribution in [0.3, 0.4) is 0 Å². The van der Waals surface area contributed by atoms with Crippen LogP contribution in [-0.4, -0.2) is 69.7 Å². The lowest BCUT2D eigenvalue weighted by atomic mass is 9.99. The molecule has 17 heteroatoms. The lowest BCUT2D eigenvalue weighted by molar-refractivity contribution is -0.279. The fourth-order valence-corrected chi connectivity index (χ4v) is 3.97. The average molecular weight is 524 g/mol. The third-order valence-electron chi connectivity index (χ3n) is 4.32. The van der Waals surface area contributed by atoms with E-state index in [1.807, 2.05) is 0 Å². The maximum Gasteiger partial charge on any atom is 0.416 e. The van der Waals surface area contributed by atoms with Crippen LogP contribution in [0.15, 0.2) is 24.3 Å². The zero-order valence-electron chi connectivity index (χ0n) is 16.8. The van der Waals surface area contributed by atoms with Crippen molar-refractivity contribution >= 4 is 26.8 Å². The summed E-state index contributed by atoms with van der Waals surface area (Å²) in [4.78, 5) is 12.4. The van der Waals surface area contributed by atoms with E-state index in [2.05, 4.69) is 8.37 Å². The van der Waals surface area contributed by atoms with Gasteiger partial charge in [0.2, 0.25) is 0 Å². The molecule has 0 bridgehead atoms. The van der Waals surface area contributed by atoms with Gasteiger partial charge in [0.1, 0.15) is 0 Å². The number of rotatable bonds is 8. The Morgan fingerprint density at radius 1 is 1.00 bits per heavy atom. The second kappa shape index (κ2) is 10.2. The van der Waals surface area contributed by atoms with Crippen molar-refractivity contribution in [2.24, 2.45) is 0 Å². The van der Waals surface area contributed by atoms with Crippen molar-refractivity contribution in [3.8, 4) is 0 Å². The standard InChI is InChI=1S/C16H19F3O12S2/c1-8-12(29-11(20)7-9-3-5-10(6-4-9)16(17,18)19)13(30-32(21,22)23)14(15(27-2)28-8)31-33(24,25)26/h3-6,8,12-15H,7H2,1-2H3,(H,21,22,23)(H,24,25,26)/t8-,12-,13+,14+,15+/m0/s1. The topological polar surface area (TPSA) is 172 Å². The number of hydrogen-bond acceptors (Lipinski definition) is 10. The van der Waals surface area contributed by atoms with Crippen molar-refractivity contribution in [2.75, 3.05) is 7.11 Å². The van der Waals surface area contributed by atoms with Crippen LogP contribution in [0, 0.1) is 0 Å². The van der Waals surface area contributed by atoms with E-state index in [-0.39, 0.29) is 5.56 Å². The van der Waals surface area contributed by atoms with E-state index in [1.165, 1.54) is 6.92 Å². The second-order valence-corrected chi connectivity index (χ2v) is 8.84. The Labute approximate surface area is 186 Å². The molecule has 0 spiro atoms. The van der Waals surface area contributed by atoms with Gasteiger partial charge in [-0.05, 0) is 24.6 Å². The summed E-state index contributed by atoms with van der Waals surface area (Å²) in [5.74, 6) is -1.10. The molecule has 1 aromatic carbocycles. The van der Waals surface area contributed by atoms with E-state index in [9.17, 15) is 34.8 Å². The summed E-state index contributed by atoms with van der Waals surface area (Å²) in [6, 6.07) is 3.50. The van der Waals surface area contributed by atoms with Gasteiger partial charge in [-0.1, -0.05) is 12.1 Å². The molecule has 1 fully saturated rings. The maximum atomic E-state index is 12.7. The Kier molecular flexibility index (Phi) is 8.45. The van der Waals surface area contributed by atoms with Gasteiger partial charge in [-0.2, -0.15) is 30.0 Å². The molecule has 0 radical (unpaired) electrons. The van der Waals surface area contributed by atoms with Crippen molar-refractivity contribution in [1.82, 2.24) is 0 Å². The van der Waals surface area contributed by atoms with Gasteiger partial charge in [-0.3, -0.25) is 13.9 Å². The summed E-state index contributed by atoms with van der Waals surface area (Å²) in [7, 11) is -9.50. The number of alkyl halides is 3. The van der Waals surface area contributed by atoms with E-state index < -0.39 is 75.6 Å². The summed E-state index contributed by atoms with van der Waals surface area (Å²) in [6.07, 6.45) is -13.9. The molecular formula is C16H19F3O12S2. The van der Waals surface area contributed by atoms with Crippen molar-refractivity contribution in [1.29, 1.82) is 0 Å². The zero-order chi connectivity index (χ0) is 25.2. The van der Waals surface area contributed by atoms with Crippen LogP contribution in [0.5, 0.6) is 0 Å². The van der Waals surface area contributed by atoms with Crippen LogP contribution >= 0.6 is 0 Å². The number of halogens is 3. The average Bonchev–Trinajstić information content (AvgIpc) is 2.64. The first-order valence-corrected chi connectivity index (χ1v) is 11.6. The third kappa shape index (κ3) is 8.14. The van der Waals surface area contributed by atoms with Crippen molar-refractivity contribution in [3.05, 3.63) is 35.4 Å². The fourth-order valence-electron chi connectivity index (χ4n) is 2.99. The number of carbonyl (C=O) groups excluding carboxylic acids is 1. The molecular weight excluding hydrogens is 505 g/mol. The van der Waals surface area contributed by atoms with Crippen LogP contribution in [-0.2, 0) is 60.8 Å². The van der Waals surface area contributed by atoms with Gasteiger partial charge in [0.25, 0.3) is 0 Å². The van der Waals surface area contributed by atoms with E-state index in [4.69, 9.17) is 23.3 Å². The Balaban J connectivity index is 2.27. The lowest BCUT2D eigenvalue weighted by Crippen LogP contribution is -2.61. The minimum absolute atomic E-state index is 0.102. The number of esters is 1. The largest absolute Gasteiger partial charge is 0.456 e. The molecule has 188 valence electrons. The molecule has 0 aromatic heterocycles. The molecule has 1 heterocycles. The van der Waals surface area contributed by atoms with E-state index in [1.54, 1.807) is 0 Å². The summed E-state index contributed by atoms with van der Waals surface area (Å²) < 4.78 is 125. The smallest absolute Gasteiger partial charge is 0.416 e. The van der Waals surface area contributed by atoms with E-state index >= 15 is 0 Å². The first kappa shape index (κ1) is 27.4. The lowest BCUT2D eigenvalue weighted by Gasteiger charge is -2.42. The predicted molar refractivity (Wildman–Crippen MR) is 99.2 cm³/mol. The van der Waals surface area contributed by atoms with Crippen LogP contribution < -0.4 is 0 Å². The molecule has 33 heavy (non-hydrogen) atoms. The first-order valence-electron chi connectivity index (χ1n) is 8.85. The molecule has 5 atom stereocenters. The molecule has 1 aliphatic rings. The molecule has 2 N–H and O–H groups in total. The van der Waals surface area contributed by atoms with Crippen molar-refractivity contribution < 1.29 is 66.5 Å². The summed E-state index contributed by atoms with van der Waals surface area (Å²) in [6.45, 7) is 1.26. The van der Waals surface area contributed by atoms with Crippen molar-refractivity contribution in [2.45, 2.75) is 50.2 Å².